The van der Waals surface area contributed by atoms with Gasteiger partial charge in [0.25, 0.3) is 0 Å². The van der Waals surface area contributed by atoms with Gasteiger partial charge in [0, 0.05) is 10.9 Å². The highest BCUT2D eigenvalue weighted by Crippen LogP contribution is 2.24. The highest BCUT2D eigenvalue weighted by Gasteiger charge is 2.01. The molecule has 6 heteroatoms. The molecule has 0 saturated heterocycles. The highest BCUT2D eigenvalue weighted by atomic mass is 35.5. The van der Waals surface area contributed by atoms with Gasteiger partial charge in [-0.2, -0.15) is 5.10 Å². The molecule has 1 aromatic heterocycles. The van der Waals surface area contributed by atoms with Crippen molar-refractivity contribution in [1.82, 2.24) is 4.98 Å². The van der Waals surface area contributed by atoms with Crippen molar-refractivity contribution >= 4 is 45.9 Å². The SMILES string of the molecule is Cc1csc(N/N=C\c2cccc(Cl)c2Cl)n1. The molecule has 0 fully saturated rings. The number of nitrogens with zero attached hydrogens (tertiary/aromatic N) is 2. The number of halogens is 2. The van der Waals surface area contributed by atoms with E-state index in [1.165, 1.54) is 11.3 Å². The van der Waals surface area contributed by atoms with Crippen molar-refractivity contribution in [2.24, 2.45) is 5.10 Å². The third kappa shape index (κ3) is 3.19. The molecular formula is C11H9Cl2N3S. The minimum Gasteiger partial charge on any atom is -0.253 e. The van der Waals surface area contributed by atoms with E-state index in [0.717, 1.165) is 16.4 Å². The molecule has 0 aliphatic carbocycles. The number of aryl methyl sites for hydroxylation is 1. The van der Waals surface area contributed by atoms with Crippen molar-refractivity contribution in [3.8, 4) is 0 Å². The van der Waals surface area contributed by atoms with Gasteiger partial charge in [0.05, 0.1) is 22.0 Å². The third-order valence-electron chi connectivity index (χ3n) is 1.96. The summed E-state index contributed by atoms with van der Waals surface area (Å²) in [5.74, 6) is 0. The number of nitrogens with one attached hydrogen (secondary N) is 1. The van der Waals surface area contributed by atoms with Crippen LogP contribution in [0.15, 0.2) is 28.7 Å². The fourth-order valence-corrected chi connectivity index (χ4v) is 2.18. The summed E-state index contributed by atoms with van der Waals surface area (Å²) in [6, 6.07) is 5.40. The van der Waals surface area contributed by atoms with Gasteiger partial charge in [-0.05, 0) is 13.0 Å². The van der Waals surface area contributed by atoms with Crippen molar-refractivity contribution < 1.29 is 0 Å². The molecule has 88 valence electrons. The van der Waals surface area contributed by atoms with E-state index in [1.807, 2.05) is 24.4 Å². The normalized spacial score (nSPS) is 11.0. The topological polar surface area (TPSA) is 37.3 Å². The Morgan fingerprint density at radius 3 is 2.94 bits per heavy atom. The summed E-state index contributed by atoms with van der Waals surface area (Å²) in [5.41, 5.74) is 4.57. The molecule has 0 spiro atoms. The average molecular weight is 286 g/mol. The van der Waals surface area contributed by atoms with Gasteiger partial charge in [0.2, 0.25) is 5.13 Å². The van der Waals surface area contributed by atoms with Crippen LogP contribution in [-0.4, -0.2) is 11.2 Å². The number of thiazole rings is 1. The molecule has 1 heterocycles. The molecule has 1 N–H and O–H groups in total. The van der Waals surface area contributed by atoms with E-state index in [-0.39, 0.29) is 0 Å². The Balaban J connectivity index is 2.08. The quantitative estimate of drug-likeness (QED) is 0.678. The minimum absolute atomic E-state index is 0.495. The van der Waals surface area contributed by atoms with Crippen molar-refractivity contribution in [3.05, 3.63) is 44.9 Å². The Bertz CT molecular complexity index is 551. The molecule has 2 aromatic rings. The highest BCUT2D eigenvalue weighted by molar-refractivity contribution is 7.13. The fraction of sp³-hybridized carbons (Fsp3) is 0.0909. The van der Waals surface area contributed by atoms with Crippen molar-refractivity contribution in [1.29, 1.82) is 0 Å². The summed E-state index contributed by atoms with van der Waals surface area (Å²) in [6.07, 6.45) is 1.62. The maximum atomic E-state index is 6.02. The van der Waals surface area contributed by atoms with E-state index in [0.29, 0.717) is 10.0 Å². The van der Waals surface area contributed by atoms with E-state index in [2.05, 4.69) is 15.5 Å². The van der Waals surface area contributed by atoms with Crippen molar-refractivity contribution in [2.75, 3.05) is 5.43 Å². The number of hydrogen-bond donors (Lipinski definition) is 1. The summed E-state index contributed by atoms with van der Waals surface area (Å²) < 4.78 is 0. The van der Waals surface area contributed by atoms with Crippen molar-refractivity contribution in [2.45, 2.75) is 6.92 Å². The largest absolute Gasteiger partial charge is 0.253 e. The lowest BCUT2D eigenvalue weighted by Crippen LogP contribution is -1.91. The van der Waals surface area contributed by atoms with Crippen molar-refractivity contribution in [3.63, 3.8) is 0 Å². The zero-order chi connectivity index (χ0) is 12.3. The molecule has 0 unspecified atom stereocenters. The minimum atomic E-state index is 0.495. The van der Waals surface area contributed by atoms with Crippen LogP contribution in [0.1, 0.15) is 11.3 Å². The number of rotatable bonds is 3. The molecule has 0 radical (unpaired) electrons. The summed E-state index contributed by atoms with van der Waals surface area (Å²) >= 11 is 13.4. The fourth-order valence-electron chi connectivity index (χ4n) is 1.18. The number of hydrazone groups is 1. The lowest BCUT2D eigenvalue weighted by Gasteiger charge is -1.99. The van der Waals surface area contributed by atoms with Gasteiger partial charge in [0.1, 0.15) is 0 Å². The van der Waals surface area contributed by atoms with Gasteiger partial charge in [-0.3, -0.25) is 5.43 Å². The Hall–Kier alpha value is -1.10. The molecule has 0 atom stereocenters. The van der Waals surface area contributed by atoms with E-state index >= 15 is 0 Å². The number of anilines is 1. The van der Waals surface area contributed by atoms with Crippen LogP contribution >= 0.6 is 34.5 Å². The molecule has 0 bridgehead atoms. The smallest absolute Gasteiger partial charge is 0.203 e. The average Bonchev–Trinajstić information content (AvgIpc) is 2.70. The predicted molar refractivity (Wildman–Crippen MR) is 74.5 cm³/mol. The van der Waals surface area contributed by atoms with Crippen LogP contribution in [0.2, 0.25) is 10.0 Å². The van der Waals surface area contributed by atoms with E-state index < -0.39 is 0 Å². The molecule has 1 aromatic carbocycles. The van der Waals surface area contributed by atoms with Crippen LogP contribution in [0.5, 0.6) is 0 Å². The summed E-state index contributed by atoms with van der Waals surface area (Å²) in [6.45, 7) is 1.93. The first-order valence-corrected chi connectivity index (χ1v) is 6.45. The first-order valence-electron chi connectivity index (χ1n) is 4.82. The van der Waals surface area contributed by atoms with E-state index in [1.54, 1.807) is 12.3 Å². The maximum Gasteiger partial charge on any atom is 0.203 e. The zero-order valence-electron chi connectivity index (χ0n) is 8.95. The molecule has 0 saturated carbocycles. The van der Waals surface area contributed by atoms with Gasteiger partial charge in [-0.1, -0.05) is 35.3 Å². The summed E-state index contributed by atoms with van der Waals surface area (Å²) in [5, 5.41) is 7.76. The molecule has 0 amide bonds. The Morgan fingerprint density at radius 2 is 2.24 bits per heavy atom. The second-order valence-electron chi connectivity index (χ2n) is 3.31. The lowest BCUT2D eigenvalue weighted by atomic mass is 10.2. The zero-order valence-corrected chi connectivity index (χ0v) is 11.3. The maximum absolute atomic E-state index is 6.02. The first-order chi connectivity index (χ1) is 8.16. The monoisotopic (exact) mass is 285 g/mol. The number of benzene rings is 1. The first kappa shape index (κ1) is 12.4. The number of aromatic nitrogens is 1. The standard InChI is InChI=1S/C11H9Cl2N3S/c1-7-6-17-11(15-7)16-14-5-8-3-2-4-9(12)10(8)13/h2-6H,1H3,(H,15,16)/b14-5-. The van der Waals surface area contributed by atoms with Crippen LogP contribution in [0.3, 0.4) is 0 Å². The van der Waals surface area contributed by atoms with Crippen LogP contribution in [0.4, 0.5) is 5.13 Å². The molecule has 3 nitrogen and oxygen atoms in total. The van der Waals surface area contributed by atoms with Crippen LogP contribution in [0, 0.1) is 6.92 Å². The van der Waals surface area contributed by atoms with Gasteiger partial charge in [-0.15, -0.1) is 11.3 Å². The molecule has 0 aliphatic rings. The molecule has 2 rings (SSSR count). The van der Waals surface area contributed by atoms with E-state index in [4.69, 9.17) is 23.2 Å². The third-order valence-corrected chi connectivity index (χ3v) is 3.66. The van der Waals surface area contributed by atoms with Gasteiger partial charge in [-0.25, -0.2) is 4.98 Å². The van der Waals surface area contributed by atoms with Gasteiger partial charge < -0.3 is 0 Å². The second-order valence-corrected chi connectivity index (χ2v) is 4.95. The second kappa shape index (κ2) is 5.49. The Kier molecular flexibility index (Phi) is 3.99. The molecular weight excluding hydrogens is 277 g/mol. The summed E-state index contributed by atoms with van der Waals surface area (Å²) in [7, 11) is 0. The lowest BCUT2D eigenvalue weighted by molar-refractivity contribution is 1.22. The number of hydrogen-bond acceptors (Lipinski definition) is 4. The van der Waals surface area contributed by atoms with Crippen LogP contribution in [0.25, 0.3) is 0 Å². The molecule has 17 heavy (non-hydrogen) atoms. The van der Waals surface area contributed by atoms with Crippen LogP contribution in [-0.2, 0) is 0 Å². The predicted octanol–water partition coefficient (Wildman–Crippen LogP) is 4.20. The Labute approximate surface area is 113 Å². The van der Waals surface area contributed by atoms with Gasteiger partial charge >= 0.3 is 0 Å². The van der Waals surface area contributed by atoms with Gasteiger partial charge in [0.15, 0.2) is 0 Å². The Morgan fingerprint density at radius 1 is 1.41 bits per heavy atom. The van der Waals surface area contributed by atoms with Crippen LogP contribution < -0.4 is 5.43 Å². The summed E-state index contributed by atoms with van der Waals surface area (Å²) in [4.78, 5) is 4.22. The van der Waals surface area contributed by atoms with E-state index in [9.17, 15) is 0 Å². The molecule has 0 aliphatic heterocycles.